The third-order valence-corrected chi connectivity index (χ3v) is 11.2. The summed E-state index contributed by atoms with van der Waals surface area (Å²) in [6.07, 6.45) is 14.6. The molecule has 2 atom stereocenters. The van der Waals surface area contributed by atoms with Gasteiger partial charge in [0.25, 0.3) is 0 Å². The van der Waals surface area contributed by atoms with Crippen molar-refractivity contribution in [1.82, 2.24) is 39.9 Å². The maximum atomic E-state index is 13.2. The Morgan fingerprint density at radius 2 is 1.19 bits per heavy atom. The van der Waals surface area contributed by atoms with Gasteiger partial charge in [-0.3, -0.25) is 40.4 Å². The molecule has 4 N–H and O–H groups in total. The molecule has 0 radical (unpaired) electrons. The van der Waals surface area contributed by atoms with Crippen LogP contribution in [0.4, 0.5) is 44.2 Å². The Morgan fingerprint density at radius 3 is 1.70 bits per heavy atom. The average Bonchev–Trinajstić information content (AvgIpc) is 3.89. The van der Waals surface area contributed by atoms with Gasteiger partial charge in [0.2, 0.25) is 0 Å². The van der Waals surface area contributed by atoms with Crippen LogP contribution >= 0.6 is 11.6 Å². The van der Waals surface area contributed by atoms with Crippen molar-refractivity contribution in [2.45, 2.75) is 67.5 Å². The number of nitrogens with zero attached hydrogens (tertiary/aromatic N) is 12. The fourth-order valence-corrected chi connectivity index (χ4v) is 8.11. The summed E-state index contributed by atoms with van der Waals surface area (Å²) in [6, 6.07) is 11.1. The zero-order chi connectivity index (χ0) is 43.5. The highest BCUT2D eigenvalue weighted by Crippen LogP contribution is 2.41. The lowest BCUT2D eigenvalue weighted by Gasteiger charge is -2.35. The predicted molar refractivity (Wildman–Crippen MR) is 251 cm³/mol. The zero-order valence-corrected chi connectivity index (χ0v) is 35.3. The number of amides is 4. The number of aromatic nitrogens is 8. The van der Waals surface area contributed by atoms with Crippen LogP contribution in [0.1, 0.15) is 50.2 Å². The van der Waals surface area contributed by atoms with Gasteiger partial charge < -0.3 is 19.8 Å². The quantitative estimate of drug-likeness (QED) is 0.118. The standard InChI is InChI=1S/C21H21N7O.C14H13ClN6O.C7H10BNO2.2CH4/c1-13-10-24-14(2)9-16(13)17-3-4-18-20(25-17)28(15-5-8-27(18)12-15)21(29)26-19-11-22-6-7-23-19;15-11-2-1-10-13(18-11)21(9-3-6-20(10)8-9)14(22)19-12-7-16-4-5-17-12;1-5-4-9-6(2)3-7(5)8(10)11;;/h3-4,6-7,9-11,15H,5,8,12H2,1-2H3,(H,23,26,29);1-2,4-5,7,9H,3,6,8H2,(H,17,19,22);3-4,10-11H,1-2H3;2*1H4/t15-;9-;;;/m00.../s1. The smallest absolute Gasteiger partial charge is 0.423 e. The van der Waals surface area contributed by atoms with Crippen LogP contribution in [0.2, 0.25) is 5.15 Å². The molecular weight excluding hydrogens is 835 g/mol. The lowest BCUT2D eigenvalue weighted by atomic mass is 9.78. The topological polar surface area (TPSA) is 215 Å². The molecule has 18 nitrogen and oxygen atoms in total. The number of fused-ring (bicyclic) bond motifs is 8. The van der Waals surface area contributed by atoms with E-state index in [9.17, 15) is 9.59 Å². The summed E-state index contributed by atoms with van der Waals surface area (Å²) < 4.78 is 0. The number of halogens is 1. The maximum Gasteiger partial charge on any atom is 0.488 e. The Morgan fingerprint density at radius 1 is 0.672 bits per heavy atom. The van der Waals surface area contributed by atoms with E-state index in [0.29, 0.717) is 33.9 Å². The molecule has 6 aromatic heterocycles. The number of rotatable bonds is 4. The Balaban J connectivity index is 0.000000172. The number of nitrogens with one attached hydrogen (secondary N) is 2. The van der Waals surface area contributed by atoms with Crippen LogP contribution in [0.3, 0.4) is 0 Å². The Bertz CT molecular complexity index is 2600. The summed E-state index contributed by atoms with van der Waals surface area (Å²) in [5, 5.41) is 23.7. The van der Waals surface area contributed by atoms with Gasteiger partial charge in [0.1, 0.15) is 5.15 Å². The molecule has 4 amide bonds. The minimum Gasteiger partial charge on any atom is -0.423 e. The van der Waals surface area contributed by atoms with Gasteiger partial charge in [-0.05, 0) is 93.5 Å². The van der Waals surface area contributed by atoms with Crippen LogP contribution in [0.15, 0.2) is 86.0 Å². The highest BCUT2D eigenvalue weighted by molar-refractivity contribution is 6.59. The van der Waals surface area contributed by atoms with Crippen molar-refractivity contribution in [3.8, 4) is 11.3 Å². The van der Waals surface area contributed by atoms with Crippen LogP contribution in [0.25, 0.3) is 11.3 Å². The van der Waals surface area contributed by atoms with E-state index in [1.807, 2.05) is 45.2 Å². The fraction of sp³-hybridized carbons (Fsp3) is 0.318. The number of hydrogen-bond acceptors (Lipinski definition) is 14. The van der Waals surface area contributed by atoms with Gasteiger partial charge in [-0.2, -0.15) is 0 Å². The minimum atomic E-state index is -1.39. The predicted octanol–water partition coefficient (Wildman–Crippen LogP) is 5.99. The number of hydrogen-bond donors (Lipinski definition) is 4. The lowest BCUT2D eigenvalue weighted by Crippen LogP contribution is -2.48. The third-order valence-electron chi connectivity index (χ3n) is 11.0. The summed E-state index contributed by atoms with van der Waals surface area (Å²) in [5.41, 5.74) is 7.90. The second-order valence-corrected chi connectivity index (χ2v) is 15.7. The van der Waals surface area contributed by atoms with Crippen LogP contribution in [0, 0.1) is 27.7 Å². The third kappa shape index (κ3) is 10.0. The first-order chi connectivity index (χ1) is 29.9. The molecule has 10 heterocycles. The number of pyridine rings is 4. The molecule has 2 saturated heterocycles. The summed E-state index contributed by atoms with van der Waals surface area (Å²) in [7, 11) is -1.39. The molecule has 0 aliphatic carbocycles. The zero-order valence-electron chi connectivity index (χ0n) is 34.5. The highest BCUT2D eigenvalue weighted by atomic mass is 35.5. The van der Waals surface area contributed by atoms with Crippen molar-refractivity contribution in [3.63, 3.8) is 0 Å². The molecule has 0 aromatic carbocycles. The average molecular weight is 887 g/mol. The fourth-order valence-electron chi connectivity index (χ4n) is 7.97. The monoisotopic (exact) mass is 886 g/mol. The molecule has 4 bridgehead atoms. The second kappa shape index (κ2) is 20.1. The molecule has 4 aliphatic rings. The first-order valence-electron chi connectivity index (χ1n) is 20.1. The van der Waals surface area contributed by atoms with E-state index < -0.39 is 7.12 Å². The van der Waals surface area contributed by atoms with E-state index in [1.165, 1.54) is 18.6 Å². The van der Waals surface area contributed by atoms with E-state index in [1.54, 1.807) is 53.6 Å². The summed E-state index contributed by atoms with van der Waals surface area (Å²) in [5.74, 6) is 2.13. The maximum absolute atomic E-state index is 13.2. The molecule has 10 rings (SSSR count). The summed E-state index contributed by atoms with van der Waals surface area (Å²) in [4.78, 5) is 67.7. The summed E-state index contributed by atoms with van der Waals surface area (Å²) >= 11 is 6.01. The SMILES string of the molecule is C.C.Cc1cc(-c2ccc3c(n2)N(C(=O)Nc2cnccn2)[C@H]2CCN3C2)c(C)cn1.Cc1cc(B(O)O)c(C)cn1.O=C(Nc1cnccn1)N1c2nc(Cl)ccc2N2CC[C@H]1C2. The lowest BCUT2D eigenvalue weighted by molar-refractivity contribution is 0.254. The van der Waals surface area contributed by atoms with E-state index >= 15 is 0 Å². The number of aryl methyl sites for hydroxylation is 4. The van der Waals surface area contributed by atoms with Crippen molar-refractivity contribution in [1.29, 1.82) is 0 Å². The van der Waals surface area contributed by atoms with Gasteiger partial charge in [0, 0.05) is 80.3 Å². The molecule has 2 fully saturated rings. The molecule has 6 aromatic rings. The normalized spacial score (nSPS) is 16.0. The minimum absolute atomic E-state index is 0. The number of carbonyl (C=O) groups is 2. The van der Waals surface area contributed by atoms with Crippen LogP contribution in [-0.4, -0.2) is 107 Å². The number of urea groups is 2. The van der Waals surface area contributed by atoms with Gasteiger partial charge in [-0.25, -0.2) is 29.5 Å². The van der Waals surface area contributed by atoms with Crippen molar-refractivity contribution >= 4 is 70.9 Å². The molecule has 332 valence electrons. The van der Waals surface area contributed by atoms with Gasteiger partial charge in [-0.15, -0.1) is 0 Å². The van der Waals surface area contributed by atoms with Crippen LogP contribution in [-0.2, 0) is 0 Å². The molecule has 64 heavy (non-hydrogen) atoms. The molecule has 0 unspecified atom stereocenters. The molecule has 4 aliphatic heterocycles. The van der Waals surface area contributed by atoms with Gasteiger partial charge in [0.05, 0.1) is 41.5 Å². The van der Waals surface area contributed by atoms with Gasteiger partial charge in [0.15, 0.2) is 23.3 Å². The van der Waals surface area contributed by atoms with Gasteiger partial charge >= 0.3 is 19.2 Å². The number of anilines is 6. The Labute approximate surface area is 378 Å². The molecule has 0 spiro atoms. The second-order valence-electron chi connectivity index (χ2n) is 15.3. The molecule has 20 heteroatoms. The molecule has 0 saturated carbocycles. The Hall–Kier alpha value is -6.83. The van der Waals surface area contributed by atoms with E-state index in [4.69, 9.17) is 26.6 Å². The summed E-state index contributed by atoms with van der Waals surface area (Å²) in [6.45, 7) is 11.0. The first-order valence-corrected chi connectivity index (χ1v) is 20.4. The van der Waals surface area contributed by atoms with Crippen molar-refractivity contribution in [2.75, 3.05) is 56.4 Å². The van der Waals surface area contributed by atoms with Crippen LogP contribution < -0.4 is 35.7 Å². The van der Waals surface area contributed by atoms with E-state index in [2.05, 4.69) is 61.4 Å². The van der Waals surface area contributed by atoms with Crippen molar-refractivity contribution in [2.24, 2.45) is 0 Å². The van der Waals surface area contributed by atoms with Gasteiger partial charge in [-0.1, -0.05) is 26.5 Å². The van der Waals surface area contributed by atoms with Crippen molar-refractivity contribution < 1.29 is 19.6 Å². The first kappa shape index (κ1) is 46.7. The number of carbonyl (C=O) groups excluding carboxylic acids is 2. The molecular formula is C44H52BClN14O4. The highest BCUT2D eigenvalue weighted by Gasteiger charge is 2.42. The van der Waals surface area contributed by atoms with E-state index in [-0.39, 0.29) is 39.0 Å². The van der Waals surface area contributed by atoms with E-state index in [0.717, 1.165) is 84.2 Å². The van der Waals surface area contributed by atoms with Crippen LogP contribution in [0.5, 0.6) is 0 Å². The Kier molecular flexibility index (Phi) is 14.7. The largest absolute Gasteiger partial charge is 0.488 e. The van der Waals surface area contributed by atoms with Crippen molar-refractivity contribution in [3.05, 3.63) is 114 Å².